The van der Waals surface area contributed by atoms with Crippen molar-refractivity contribution in [3.8, 4) is 11.1 Å². The molecule has 0 saturated carbocycles. The number of fused-ring (bicyclic) bond motifs is 1. The first-order valence-electron chi connectivity index (χ1n) is 11.7. The Morgan fingerprint density at radius 3 is 2.60 bits per heavy atom. The number of rotatable bonds is 11. The summed E-state index contributed by atoms with van der Waals surface area (Å²) in [7, 11) is 1.38. The van der Waals surface area contributed by atoms with Gasteiger partial charge in [-0.2, -0.15) is 4.89 Å². The number of aromatic amines is 1. The van der Waals surface area contributed by atoms with E-state index in [1.165, 1.54) is 18.2 Å². The molecule has 7 heteroatoms. The summed E-state index contributed by atoms with van der Waals surface area (Å²) in [6.45, 7) is 2.65. The van der Waals surface area contributed by atoms with E-state index in [4.69, 9.17) is 9.87 Å². The Morgan fingerprint density at radius 1 is 1.06 bits per heavy atom. The number of amides is 1. The minimum Gasteiger partial charge on any atom is -0.354 e. The summed E-state index contributed by atoms with van der Waals surface area (Å²) < 4.78 is 0. The molecule has 0 radical (unpaired) electrons. The standard InChI is InChI=1S/C28H30N4O3/c1-20-11-13-21(14-12-20)23-15-16-24-25(18-23)32-26(31-24)10-6-7-17-29-28(33)27(30-19-35-34-2)22-8-4-3-5-9-22/h3-5,8-9,11-16,18-19,27H,6-7,10,17H2,1-2H3,(H,29,33)(H,31,32)/b30-19-. The number of unbranched alkanes of at least 4 members (excludes halogenated alkanes) is 1. The van der Waals surface area contributed by atoms with Crippen LogP contribution in [0.4, 0.5) is 0 Å². The van der Waals surface area contributed by atoms with E-state index in [9.17, 15) is 4.79 Å². The molecule has 7 nitrogen and oxygen atoms in total. The Labute approximate surface area is 205 Å². The van der Waals surface area contributed by atoms with Gasteiger partial charge in [0.15, 0.2) is 6.04 Å². The molecule has 0 spiro atoms. The normalized spacial score (nSPS) is 12.2. The largest absolute Gasteiger partial charge is 0.354 e. The lowest BCUT2D eigenvalue weighted by Gasteiger charge is -2.13. The summed E-state index contributed by atoms with van der Waals surface area (Å²) in [6, 6.07) is 23.5. The van der Waals surface area contributed by atoms with Crippen molar-refractivity contribution in [2.45, 2.75) is 32.2 Å². The molecule has 1 atom stereocenters. The van der Waals surface area contributed by atoms with Crippen molar-refractivity contribution in [2.24, 2.45) is 4.99 Å². The molecule has 1 unspecified atom stereocenters. The van der Waals surface area contributed by atoms with Crippen LogP contribution in [0.25, 0.3) is 22.2 Å². The highest BCUT2D eigenvalue weighted by Crippen LogP contribution is 2.24. The molecule has 4 aromatic rings. The van der Waals surface area contributed by atoms with Gasteiger partial charge in [0.1, 0.15) is 5.82 Å². The Morgan fingerprint density at radius 2 is 1.83 bits per heavy atom. The zero-order valence-corrected chi connectivity index (χ0v) is 20.0. The fraction of sp³-hybridized carbons (Fsp3) is 0.250. The van der Waals surface area contributed by atoms with Crippen molar-refractivity contribution >= 4 is 23.3 Å². The van der Waals surface area contributed by atoms with Crippen LogP contribution in [0.3, 0.4) is 0 Å². The van der Waals surface area contributed by atoms with Gasteiger partial charge in [0.05, 0.1) is 18.1 Å². The van der Waals surface area contributed by atoms with E-state index < -0.39 is 6.04 Å². The van der Waals surface area contributed by atoms with Crippen molar-refractivity contribution in [1.29, 1.82) is 0 Å². The van der Waals surface area contributed by atoms with Gasteiger partial charge in [0, 0.05) is 13.0 Å². The molecule has 180 valence electrons. The van der Waals surface area contributed by atoms with Crippen LogP contribution in [0.1, 0.15) is 35.8 Å². The lowest BCUT2D eigenvalue weighted by molar-refractivity contribution is -0.188. The zero-order chi connectivity index (χ0) is 24.5. The number of nitrogens with one attached hydrogen (secondary N) is 2. The lowest BCUT2D eigenvalue weighted by atomic mass is 10.0. The predicted octanol–water partition coefficient (Wildman–Crippen LogP) is 5.32. The van der Waals surface area contributed by atoms with Gasteiger partial charge in [-0.15, -0.1) is 0 Å². The van der Waals surface area contributed by atoms with Gasteiger partial charge in [-0.05, 0) is 48.6 Å². The molecule has 0 aliphatic carbocycles. The maximum atomic E-state index is 12.7. The van der Waals surface area contributed by atoms with Crippen LogP contribution in [0.5, 0.6) is 0 Å². The molecule has 0 bridgehead atoms. The van der Waals surface area contributed by atoms with Crippen LogP contribution in [-0.4, -0.2) is 35.9 Å². The number of hydrogen-bond donors (Lipinski definition) is 2. The van der Waals surface area contributed by atoms with E-state index in [0.717, 1.165) is 53.6 Å². The number of carbonyl (C=O) groups is 1. The molecule has 0 saturated heterocycles. The van der Waals surface area contributed by atoms with E-state index in [-0.39, 0.29) is 5.91 Å². The highest BCUT2D eigenvalue weighted by Gasteiger charge is 2.18. The van der Waals surface area contributed by atoms with Crippen LogP contribution >= 0.6 is 0 Å². The first-order chi connectivity index (χ1) is 17.1. The third-order valence-corrected chi connectivity index (χ3v) is 5.77. The first-order valence-corrected chi connectivity index (χ1v) is 11.7. The summed E-state index contributed by atoms with van der Waals surface area (Å²) in [6.07, 6.45) is 3.68. The van der Waals surface area contributed by atoms with Crippen LogP contribution < -0.4 is 5.32 Å². The van der Waals surface area contributed by atoms with E-state index in [1.54, 1.807) is 0 Å². The number of hydrogen-bond acceptors (Lipinski definition) is 5. The Kier molecular flexibility index (Phi) is 8.25. The van der Waals surface area contributed by atoms with Crippen LogP contribution in [0.15, 0.2) is 77.8 Å². The maximum absolute atomic E-state index is 12.7. The van der Waals surface area contributed by atoms with Crippen molar-refractivity contribution in [3.05, 3.63) is 89.7 Å². The van der Waals surface area contributed by atoms with E-state index in [2.05, 4.69) is 69.6 Å². The van der Waals surface area contributed by atoms with Gasteiger partial charge in [-0.3, -0.25) is 4.79 Å². The first kappa shape index (κ1) is 24.2. The summed E-state index contributed by atoms with van der Waals surface area (Å²) in [5.41, 5.74) is 6.37. The molecule has 35 heavy (non-hydrogen) atoms. The SMILES string of the molecule is COO/C=N\C(C(=O)NCCCCc1nc2cc(-c3ccc(C)cc3)ccc2[nH]1)c1ccccc1. The topological polar surface area (TPSA) is 88.6 Å². The van der Waals surface area contributed by atoms with E-state index in [1.807, 2.05) is 30.3 Å². The van der Waals surface area contributed by atoms with Gasteiger partial charge in [0.25, 0.3) is 0 Å². The maximum Gasteiger partial charge on any atom is 0.249 e. The van der Waals surface area contributed by atoms with Crippen LogP contribution in [-0.2, 0) is 21.0 Å². The average molecular weight is 471 g/mol. The molecular formula is C28H30N4O3. The minimum absolute atomic E-state index is 0.181. The fourth-order valence-corrected chi connectivity index (χ4v) is 3.90. The summed E-state index contributed by atoms with van der Waals surface area (Å²) in [5, 5.41) is 2.97. The molecule has 2 N–H and O–H groups in total. The fourth-order valence-electron chi connectivity index (χ4n) is 3.90. The summed E-state index contributed by atoms with van der Waals surface area (Å²) >= 11 is 0. The Balaban J connectivity index is 1.29. The molecular weight excluding hydrogens is 440 g/mol. The Hall–Kier alpha value is -3.97. The number of nitrogens with zero attached hydrogens (tertiary/aromatic N) is 2. The summed E-state index contributed by atoms with van der Waals surface area (Å²) in [5.74, 6) is 0.774. The van der Waals surface area contributed by atoms with Gasteiger partial charge in [-0.1, -0.05) is 66.2 Å². The number of imidazole rings is 1. The highest BCUT2D eigenvalue weighted by atomic mass is 17.2. The predicted molar refractivity (Wildman–Crippen MR) is 138 cm³/mol. The van der Waals surface area contributed by atoms with Gasteiger partial charge in [-0.25, -0.2) is 9.98 Å². The van der Waals surface area contributed by atoms with Crippen molar-refractivity contribution in [2.75, 3.05) is 13.7 Å². The molecule has 4 rings (SSSR count). The highest BCUT2D eigenvalue weighted by molar-refractivity contribution is 5.84. The lowest BCUT2D eigenvalue weighted by Crippen LogP contribution is -2.29. The second kappa shape index (κ2) is 11.9. The van der Waals surface area contributed by atoms with Gasteiger partial charge < -0.3 is 15.2 Å². The smallest absolute Gasteiger partial charge is 0.249 e. The number of carbonyl (C=O) groups excluding carboxylic acids is 1. The monoisotopic (exact) mass is 470 g/mol. The molecule has 0 aliphatic heterocycles. The van der Waals surface area contributed by atoms with Crippen LogP contribution in [0, 0.1) is 6.92 Å². The number of aryl methyl sites for hydroxylation is 2. The van der Waals surface area contributed by atoms with Crippen molar-refractivity contribution in [1.82, 2.24) is 15.3 Å². The number of aromatic nitrogens is 2. The average Bonchev–Trinajstić information content (AvgIpc) is 3.29. The quantitative estimate of drug-likeness (QED) is 0.102. The molecule has 1 heterocycles. The number of aliphatic imine (C=N–C) groups is 1. The summed E-state index contributed by atoms with van der Waals surface area (Å²) in [4.78, 5) is 34.3. The Bertz CT molecular complexity index is 1270. The second-order valence-corrected chi connectivity index (χ2v) is 8.36. The number of benzene rings is 3. The second-order valence-electron chi connectivity index (χ2n) is 8.36. The van der Waals surface area contributed by atoms with Gasteiger partial charge >= 0.3 is 0 Å². The zero-order valence-electron chi connectivity index (χ0n) is 20.0. The van der Waals surface area contributed by atoms with E-state index in [0.29, 0.717) is 6.54 Å². The third kappa shape index (κ3) is 6.55. The van der Waals surface area contributed by atoms with Crippen LogP contribution in [0.2, 0.25) is 0 Å². The molecule has 3 aromatic carbocycles. The molecule has 0 fully saturated rings. The van der Waals surface area contributed by atoms with E-state index >= 15 is 0 Å². The van der Waals surface area contributed by atoms with Crippen molar-refractivity contribution in [3.63, 3.8) is 0 Å². The molecule has 1 amide bonds. The van der Waals surface area contributed by atoms with Crippen molar-refractivity contribution < 1.29 is 14.6 Å². The van der Waals surface area contributed by atoms with Gasteiger partial charge in [0.2, 0.25) is 12.3 Å². The third-order valence-electron chi connectivity index (χ3n) is 5.77. The number of H-pyrrole nitrogens is 1. The molecule has 0 aliphatic rings. The molecule has 1 aromatic heterocycles. The minimum atomic E-state index is -0.690.